The van der Waals surface area contributed by atoms with Crippen molar-refractivity contribution in [3.05, 3.63) is 16.3 Å². The molecule has 0 aromatic carbocycles. The molecule has 0 aliphatic heterocycles. The van der Waals surface area contributed by atoms with Gasteiger partial charge in [0, 0.05) is 22.8 Å². The summed E-state index contributed by atoms with van der Waals surface area (Å²) in [6.45, 7) is 5.96. The number of sulfonamides is 1. The molecule has 1 heterocycles. The smallest absolute Gasteiger partial charge is 0.241 e. The lowest BCUT2D eigenvalue weighted by Crippen LogP contribution is -2.26. The first-order valence-electron chi connectivity index (χ1n) is 7.37. The van der Waals surface area contributed by atoms with E-state index in [1.165, 1.54) is 11.3 Å². The maximum Gasteiger partial charge on any atom is 0.241 e. The van der Waals surface area contributed by atoms with Crippen molar-refractivity contribution in [3.8, 4) is 0 Å². The van der Waals surface area contributed by atoms with Gasteiger partial charge in [0.05, 0.1) is 4.90 Å². The lowest BCUT2D eigenvalue weighted by Gasteiger charge is -2.04. The molecule has 0 saturated heterocycles. The molecule has 2 atom stereocenters. The van der Waals surface area contributed by atoms with Crippen molar-refractivity contribution in [2.75, 3.05) is 6.54 Å². The van der Waals surface area contributed by atoms with Crippen LogP contribution in [0.2, 0.25) is 0 Å². The predicted molar refractivity (Wildman–Crippen MR) is 83.4 cm³/mol. The third-order valence-electron chi connectivity index (χ3n) is 3.55. The molecule has 2 rings (SSSR count). The van der Waals surface area contributed by atoms with Crippen molar-refractivity contribution in [1.29, 1.82) is 0 Å². The summed E-state index contributed by atoms with van der Waals surface area (Å²) in [5.74, 6) is 0.541. The minimum absolute atomic E-state index is 0.154. The summed E-state index contributed by atoms with van der Waals surface area (Å²) < 4.78 is 27.3. The Balaban J connectivity index is 1.89. The largest absolute Gasteiger partial charge is 0.312 e. The topological polar surface area (TPSA) is 58.2 Å². The fourth-order valence-electron chi connectivity index (χ4n) is 2.33. The highest BCUT2D eigenvalue weighted by Crippen LogP contribution is 2.36. The number of hydrogen-bond donors (Lipinski definition) is 2. The Hall–Kier alpha value is -0.430. The standard InChI is InChI=1S/C14H24N2O2S2/c1-3-5-11-7-14(11)16-20(17,18)13-8-12(19-10-13)9-15-6-4-2/h8,10-11,14-16H,3-7,9H2,1-2H3. The van der Waals surface area contributed by atoms with E-state index in [1.807, 2.05) is 0 Å². The highest BCUT2D eigenvalue weighted by atomic mass is 32.2. The summed E-state index contributed by atoms with van der Waals surface area (Å²) in [6, 6.07) is 1.94. The molecule has 4 nitrogen and oxygen atoms in total. The van der Waals surface area contributed by atoms with Crippen LogP contribution in [-0.2, 0) is 16.6 Å². The normalized spacial score (nSPS) is 22.1. The van der Waals surface area contributed by atoms with Crippen molar-refractivity contribution in [2.45, 2.75) is 57.0 Å². The third-order valence-corrected chi connectivity index (χ3v) is 6.11. The fourth-order valence-corrected chi connectivity index (χ4v) is 4.89. The predicted octanol–water partition coefficient (Wildman–Crippen LogP) is 2.71. The van der Waals surface area contributed by atoms with Gasteiger partial charge in [-0.25, -0.2) is 13.1 Å². The van der Waals surface area contributed by atoms with Gasteiger partial charge < -0.3 is 5.32 Å². The molecule has 1 aliphatic rings. The highest BCUT2D eigenvalue weighted by molar-refractivity contribution is 7.89. The Labute approximate surface area is 126 Å². The monoisotopic (exact) mass is 316 g/mol. The van der Waals surface area contributed by atoms with E-state index in [1.54, 1.807) is 11.4 Å². The Kier molecular flexibility index (Phi) is 5.60. The van der Waals surface area contributed by atoms with Gasteiger partial charge in [0.2, 0.25) is 10.0 Å². The van der Waals surface area contributed by atoms with E-state index in [-0.39, 0.29) is 6.04 Å². The Morgan fingerprint density at radius 2 is 2.15 bits per heavy atom. The second-order valence-electron chi connectivity index (χ2n) is 5.44. The summed E-state index contributed by atoms with van der Waals surface area (Å²) in [4.78, 5) is 1.48. The molecule has 0 radical (unpaired) electrons. The first kappa shape index (κ1) is 15.9. The molecule has 2 unspecified atom stereocenters. The summed E-state index contributed by atoms with van der Waals surface area (Å²) in [5.41, 5.74) is 0. The van der Waals surface area contributed by atoms with Crippen LogP contribution in [0.15, 0.2) is 16.3 Å². The molecular formula is C14H24N2O2S2. The van der Waals surface area contributed by atoms with E-state index in [9.17, 15) is 8.42 Å². The average Bonchev–Trinajstić information content (AvgIpc) is 2.92. The van der Waals surface area contributed by atoms with Crippen LogP contribution in [0.5, 0.6) is 0 Å². The summed E-state index contributed by atoms with van der Waals surface area (Å²) in [5, 5.41) is 5.03. The van der Waals surface area contributed by atoms with Crippen molar-refractivity contribution >= 4 is 21.4 Å². The zero-order valence-corrected chi connectivity index (χ0v) is 13.8. The molecule has 114 valence electrons. The molecule has 0 amide bonds. The van der Waals surface area contributed by atoms with Crippen LogP contribution in [0.25, 0.3) is 0 Å². The van der Waals surface area contributed by atoms with Crippen molar-refractivity contribution in [2.24, 2.45) is 5.92 Å². The van der Waals surface area contributed by atoms with Gasteiger partial charge in [-0.1, -0.05) is 20.3 Å². The van der Waals surface area contributed by atoms with Crippen LogP contribution < -0.4 is 10.0 Å². The minimum atomic E-state index is -3.33. The van der Waals surface area contributed by atoms with Gasteiger partial charge in [-0.2, -0.15) is 0 Å². The lowest BCUT2D eigenvalue weighted by molar-refractivity contribution is 0.573. The quantitative estimate of drug-likeness (QED) is 0.689. The molecule has 1 saturated carbocycles. The van der Waals surface area contributed by atoms with E-state index in [0.717, 1.165) is 43.6 Å². The SMILES string of the molecule is CCCNCc1cc(S(=O)(=O)NC2CC2CCC)cs1. The Morgan fingerprint density at radius 1 is 1.35 bits per heavy atom. The summed E-state index contributed by atoms with van der Waals surface area (Å²) in [7, 11) is -3.33. The summed E-state index contributed by atoms with van der Waals surface area (Å²) in [6.07, 6.45) is 4.30. The minimum Gasteiger partial charge on any atom is -0.312 e. The van der Waals surface area contributed by atoms with Crippen LogP contribution >= 0.6 is 11.3 Å². The first-order valence-corrected chi connectivity index (χ1v) is 9.73. The number of thiophene rings is 1. The number of rotatable bonds is 9. The second kappa shape index (κ2) is 7.02. The molecule has 0 spiro atoms. The number of hydrogen-bond acceptors (Lipinski definition) is 4. The molecule has 6 heteroatoms. The van der Waals surface area contributed by atoms with Crippen LogP contribution in [0.3, 0.4) is 0 Å². The molecule has 20 heavy (non-hydrogen) atoms. The molecule has 0 bridgehead atoms. The van der Waals surface area contributed by atoms with Gasteiger partial charge in [0.1, 0.15) is 0 Å². The van der Waals surface area contributed by atoms with Gasteiger partial charge in [-0.15, -0.1) is 11.3 Å². The van der Waals surface area contributed by atoms with Crippen molar-refractivity contribution in [3.63, 3.8) is 0 Å². The van der Waals surface area contributed by atoms with Gasteiger partial charge >= 0.3 is 0 Å². The van der Waals surface area contributed by atoms with Gasteiger partial charge in [-0.3, -0.25) is 0 Å². The molecule has 1 aromatic rings. The molecule has 1 aliphatic carbocycles. The van der Waals surface area contributed by atoms with Crippen LogP contribution in [0, 0.1) is 5.92 Å². The van der Waals surface area contributed by atoms with E-state index >= 15 is 0 Å². The maximum atomic E-state index is 12.3. The van der Waals surface area contributed by atoms with Crippen LogP contribution in [0.4, 0.5) is 0 Å². The average molecular weight is 316 g/mol. The van der Waals surface area contributed by atoms with Crippen molar-refractivity contribution < 1.29 is 8.42 Å². The fraction of sp³-hybridized carbons (Fsp3) is 0.714. The third kappa shape index (κ3) is 4.28. The Morgan fingerprint density at radius 3 is 2.85 bits per heavy atom. The lowest BCUT2D eigenvalue weighted by atomic mass is 10.2. The van der Waals surface area contributed by atoms with Crippen LogP contribution in [0.1, 0.15) is 44.4 Å². The van der Waals surface area contributed by atoms with Crippen LogP contribution in [-0.4, -0.2) is 21.0 Å². The van der Waals surface area contributed by atoms with E-state index in [2.05, 4.69) is 23.9 Å². The first-order chi connectivity index (χ1) is 9.56. The Bertz CT molecular complexity index is 525. The molecule has 1 aromatic heterocycles. The zero-order chi connectivity index (χ0) is 14.6. The highest BCUT2D eigenvalue weighted by Gasteiger charge is 2.39. The summed E-state index contributed by atoms with van der Waals surface area (Å²) >= 11 is 1.50. The van der Waals surface area contributed by atoms with Gasteiger partial charge in [0.25, 0.3) is 0 Å². The maximum absolute atomic E-state index is 12.3. The van der Waals surface area contributed by atoms with E-state index < -0.39 is 10.0 Å². The molecule has 1 fully saturated rings. The molecule has 2 N–H and O–H groups in total. The van der Waals surface area contributed by atoms with E-state index in [0.29, 0.717) is 10.8 Å². The number of nitrogens with one attached hydrogen (secondary N) is 2. The zero-order valence-electron chi connectivity index (χ0n) is 12.2. The van der Waals surface area contributed by atoms with Gasteiger partial charge in [-0.05, 0) is 37.8 Å². The van der Waals surface area contributed by atoms with Gasteiger partial charge in [0.15, 0.2) is 0 Å². The van der Waals surface area contributed by atoms with Crippen molar-refractivity contribution in [1.82, 2.24) is 10.0 Å². The second-order valence-corrected chi connectivity index (χ2v) is 8.15. The van der Waals surface area contributed by atoms with E-state index in [4.69, 9.17) is 0 Å². The molecular weight excluding hydrogens is 292 g/mol.